The first-order valence-electron chi connectivity index (χ1n) is 5.82. The fourth-order valence-electron chi connectivity index (χ4n) is 1.84. The fourth-order valence-corrected chi connectivity index (χ4v) is 7.46. The normalized spacial score (nSPS) is 14.4. The lowest BCUT2D eigenvalue weighted by atomic mass is 10.4. The Bertz CT molecular complexity index is 131. The van der Waals surface area contributed by atoms with Gasteiger partial charge in [-0.2, -0.15) is 0 Å². The minimum absolute atomic E-state index is 0.582. The third-order valence-corrected chi connectivity index (χ3v) is 10.2. The molecular formula is C11H25BrOSi. The van der Waals surface area contributed by atoms with E-state index in [0.29, 0.717) is 4.45 Å². The Balaban J connectivity index is 4.27. The van der Waals surface area contributed by atoms with E-state index in [0.717, 1.165) is 0 Å². The summed E-state index contributed by atoms with van der Waals surface area (Å²) in [6, 6.07) is 2.62. The first-order chi connectivity index (χ1) is 6.63. The van der Waals surface area contributed by atoms with Crippen LogP contribution in [-0.2, 0) is 4.43 Å². The van der Waals surface area contributed by atoms with Gasteiger partial charge in [0.1, 0.15) is 0 Å². The van der Waals surface area contributed by atoms with Gasteiger partial charge in [-0.15, -0.1) is 0 Å². The Labute approximate surface area is 98.9 Å². The predicted octanol–water partition coefficient (Wildman–Crippen LogP) is 4.50. The summed E-state index contributed by atoms with van der Waals surface area (Å²) in [5.41, 5.74) is 0. The molecule has 0 rings (SSSR count). The Morgan fingerprint density at radius 3 is 1.79 bits per heavy atom. The third-order valence-electron chi connectivity index (χ3n) is 3.04. The quantitative estimate of drug-likeness (QED) is 0.470. The number of hydrogen-bond acceptors (Lipinski definition) is 1. The molecule has 86 valence electrons. The van der Waals surface area contributed by atoms with E-state index in [2.05, 4.69) is 36.7 Å². The van der Waals surface area contributed by atoms with Crippen LogP contribution in [0.15, 0.2) is 0 Å². The van der Waals surface area contributed by atoms with Crippen LogP contribution in [0, 0.1) is 0 Å². The van der Waals surface area contributed by atoms with Crippen LogP contribution < -0.4 is 0 Å². The monoisotopic (exact) mass is 280 g/mol. The van der Waals surface area contributed by atoms with Crippen molar-refractivity contribution in [3.05, 3.63) is 0 Å². The minimum Gasteiger partial charge on any atom is -0.419 e. The Morgan fingerprint density at radius 1 is 1.14 bits per heavy atom. The lowest BCUT2D eigenvalue weighted by Gasteiger charge is -2.32. The van der Waals surface area contributed by atoms with Gasteiger partial charge < -0.3 is 4.43 Å². The number of unbranched alkanes of at least 4 members (excludes halogenated alkanes) is 2. The summed E-state index contributed by atoms with van der Waals surface area (Å²) < 4.78 is 6.48. The highest BCUT2D eigenvalue weighted by molar-refractivity contribution is 9.10. The molecule has 0 fully saturated rings. The molecule has 0 bridgehead atoms. The number of alkyl halides is 1. The number of halogens is 1. The summed E-state index contributed by atoms with van der Waals surface area (Å²) in [4.78, 5) is 0. The van der Waals surface area contributed by atoms with Gasteiger partial charge in [0.25, 0.3) is 0 Å². The van der Waals surface area contributed by atoms with Crippen LogP contribution in [0.2, 0.25) is 12.1 Å². The van der Waals surface area contributed by atoms with Gasteiger partial charge in [0.05, 0.1) is 0 Å². The Kier molecular flexibility index (Phi) is 8.26. The standard InChI is InChI=1S/C11H25BrOSi/c1-5-7-9-14(13-4,11(3)12)10-8-6-2/h11H,5-10H2,1-4H3. The highest BCUT2D eigenvalue weighted by Gasteiger charge is 2.37. The van der Waals surface area contributed by atoms with Crippen molar-refractivity contribution in [2.24, 2.45) is 0 Å². The van der Waals surface area contributed by atoms with Crippen LogP contribution in [-0.4, -0.2) is 19.9 Å². The maximum atomic E-state index is 5.90. The van der Waals surface area contributed by atoms with Gasteiger partial charge in [0.15, 0.2) is 0 Å². The van der Waals surface area contributed by atoms with Gasteiger partial charge in [-0.1, -0.05) is 62.4 Å². The molecule has 14 heavy (non-hydrogen) atoms. The average molecular weight is 281 g/mol. The topological polar surface area (TPSA) is 9.23 Å². The van der Waals surface area contributed by atoms with Gasteiger partial charge in [0.2, 0.25) is 8.32 Å². The second-order valence-corrected chi connectivity index (χ2v) is 10.7. The van der Waals surface area contributed by atoms with Gasteiger partial charge in [0, 0.05) is 11.6 Å². The first kappa shape index (κ1) is 14.7. The zero-order valence-corrected chi connectivity index (χ0v) is 12.7. The summed E-state index contributed by atoms with van der Waals surface area (Å²) in [5, 5.41) is 0. The summed E-state index contributed by atoms with van der Waals surface area (Å²) in [5.74, 6) is 0. The summed E-state index contributed by atoms with van der Waals surface area (Å²) >= 11 is 3.76. The molecule has 0 aromatic rings. The summed E-state index contributed by atoms with van der Waals surface area (Å²) in [6.45, 7) is 6.78. The molecule has 0 radical (unpaired) electrons. The van der Waals surface area contributed by atoms with Crippen LogP contribution in [0.3, 0.4) is 0 Å². The molecule has 0 amide bonds. The minimum atomic E-state index is -1.47. The van der Waals surface area contributed by atoms with E-state index in [4.69, 9.17) is 4.43 Å². The summed E-state index contributed by atoms with van der Waals surface area (Å²) in [6.07, 6.45) is 5.20. The molecule has 0 aromatic heterocycles. The van der Waals surface area contributed by atoms with Gasteiger partial charge in [-0.25, -0.2) is 0 Å². The number of rotatable bonds is 8. The molecule has 0 saturated carbocycles. The van der Waals surface area contributed by atoms with E-state index in [1.54, 1.807) is 0 Å². The maximum Gasteiger partial charge on any atom is 0.205 e. The van der Waals surface area contributed by atoms with Crippen molar-refractivity contribution in [2.75, 3.05) is 7.11 Å². The molecule has 1 atom stereocenters. The molecule has 0 aliphatic rings. The number of hydrogen-bond donors (Lipinski definition) is 0. The molecule has 0 saturated heterocycles. The molecule has 0 aliphatic carbocycles. The molecule has 3 heteroatoms. The Morgan fingerprint density at radius 2 is 1.57 bits per heavy atom. The third kappa shape index (κ3) is 4.45. The highest BCUT2D eigenvalue weighted by Crippen LogP contribution is 2.29. The zero-order valence-electron chi connectivity index (χ0n) is 10.1. The lowest BCUT2D eigenvalue weighted by Crippen LogP contribution is -2.45. The van der Waals surface area contributed by atoms with Gasteiger partial charge in [-0.05, 0) is 12.1 Å². The molecule has 0 spiro atoms. The Hall–Kier alpha value is 0.657. The van der Waals surface area contributed by atoms with E-state index in [9.17, 15) is 0 Å². The van der Waals surface area contributed by atoms with Gasteiger partial charge in [-0.3, -0.25) is 0 Å². The molecule has 0 heterocycles. The second kappa shape index (κ2) is 7.89. The average Bonchev–Trinajstić information content (AvgIpc) is 2.18. The van der Waals surface area contributed by atoms with E-state index in [1.807, 2.05) is 7.11 Å². The van der Waals surface area contributed by atoms with Crippen LogP contribution in [0.4, 0.5) is 0 Å². The predicted molar refractivity (Wildman–Crippen MR) is 70.6 cm³/mol. The molecular weight excluding hydrogens is 256 g/mol. The van der Waals surface area contributed by atoms with E-state index in [-0.39, 0.29) is 0 Å². The zero-order chi connectivity index (χ0) is 11.0. The van der Waals surface area contributed by atoms with Crippen LogP contribution in [0.1, 0.15) is 46.5 Å². The maximum absolute atomic E-state index is 5.90. The molecule has 0 N–H and O–H groups in total. The highest BCUT2D eigenvalue weighted by atomic mass is 79.9. The SMILES string of the molecule is CCCC[Si](CCCC)(OC)C(C)Br. The van der Waals surface area contributed by atoms with Gasteiger partial charge >= 0.3 is 0 Å². The van der Waals surface area contributed by atoms with Crippen LogP contribution >= 0.6 is 15.9 Å². The molecule has 1 unspecified atom stereocenters. The van der Waals surface area contributed by atoms with Crippen molar-refractivity contribution in [3.8, 4) is 0 Å². The van der Waals surface area contributed by atoms with E-state index in [1.165, 1.54) is 37.8 Å². The molecule has 1 nitrogen and oxygen atoms in total. The lowest BCUT2D eigenvalue weighted by molar-refractivity contribution is 0.385. The van der Waals surface area contributed by atoms with Crippen LogP contribution in [0.5, 0.6) is 0 Å². The largest absolute Gasteiger partial charge is 0.419 e. The van der Waals surface area contributed by atoms with Crippen molar-refractivity contribution in [1.29, 1.82) is 0 Å². The fraction of sp³-hybridized carbons (Fsp3) is 1.00. The van der Waals surface area contributed by atoms with Crippen molar-refractivity contribution in [1.82, 2.24) is 0 Å². The molecule has 0 aromatic carbocycles. The van der Waals surface area contributed by atoms with E-state index >= 15 is 0 Å². The first-order valence-corrected chi connectivity index (χ1v) is 9.13. The molecule has 0 aliphatic heterocycles. The van der Waals surface area contributed by atoms with E-state index < -0.39 is 8.32 Å². The van der Waals surface area contributed by atoms with Crippen molar-refractivity contribution < 1.29 is 4.43 Å². The van der Waals surface area contributed by atoms with Crippen molar-refractivity contribution in [2.45, 2.75) is 63.0 Å². The van der Waals surface area contributed by atoms with Crippen LogP contribution in [0.25, 0.3) is 0 Å². The summed E-state index contributed by atoms with van der Waals surface area (Å²) in [7, 11) is 0.440. The smallest absolute Gasteiger partial charge is 0.205 e. The van der Waals surface area contributed by atoms with Crippen molar-refractivity contribution >= 4 is 24.2 Å². The second-order valence-electron chi connectivity index (χ2n) is 4.09. The van der Waals surface area contributed by atoms with Crippen molar-refractivity contribution in [3.63, 3.8) is 0 Å².